The van der Waals surface area contributed by atoms with E-state index in [4.69, 9.17) is 23.2 Å². The SMILES string of the molecule is O=c1ccc2c(n1-c1ccc(Cl)c(Cl)c1)CCNC2. The average molecular weight is 295 g/mol. The second-order valence-corrected chi connectivity index (χ2v) is 5.32. The lowest BCUT2D eigenvalue weighted by molar-refractivity contribution is 0.613. The number of benzene rings is 1. The predicted molar refractivity (Wildman–Crippen MR) is 77.5 cm³/mol. The van der Waals surface area contributed by atoms with Gasteiger partial charge in [0.2, 0.25) is 0 Å². The molecule has 3 rings (SSSR count). The van der Waals surface area contributed by atoms with Crippen LogP contribution in [-0.2, 0) is 13.0 Å². The van der Waals surface area contributed by atoms with Crippen molar-refractivity contribution < 1.29 is 0 Å². The number of nitrogens with zero attached hydrogens (tertiary/aromatic N) is 1. The lowest BCUT2D eigenvalue weighted by Gasteiger charge is -2.21. The van der Waals surface area contributed by atoms with Crippen molar-refractivity contribution in [1.29, 1.82) is 0 Å². The van der Waals surface area contributed by atoms with Gasteiger partial charge in [-0.05, 0) is 23.8 Å². The van der Waals surface area contributed by atoms with E-state index in [9.17, 15) is 4.79 Å². The van der Waals surface area contributed by atoms with Gasteiger partial charge in [0.25, 0.3) is 5.56 Å². The monoisotopic (exact) mass is 294 g/mol. The number of pyridine rings is 1. The van der Waals surface area contributed by atoms with E-state index in [0.717, 1.165) is 36.5 Å². The molecule has 2 aromatic rings. The summed E-state index contributed by atoms with van der Waals surface area (Å²) in [6.07, 6.45) is 0.825. The molecule has 1 aromatic carbocycles. The predicted octanol–water partition coefficient (Wildman–Crippen LogP) is 2.79. The molecule has 1 N–H and O–H groups in total. The highest BCUT2D eigenvalue weighted by Crippen LogP contribution is 2.25. The molecule has 0 amide bonds. The van der Waals surface area contributed by atoms with E-state index < -0.39 is 0 Å². The second-order valence-electron chi connectivity index (χ2n) is 4.50. The van der Waals surface area contributed by atoms with Crippen molar-refractivity contribution >= 4 is 23.2 Å². The molecule has 0 atom stereocenters. The highest BCUT2D eigenvalue weighted by Gasteiger charge is 2.15. The van der Waals surface area contributed by atoms with Crippen LogP contribution in [0, 0.1) is 0 Å². The van der Waals surface area contributed by atoms with Crippen LogP contribution in [0.3, 0.4) is 0 Å². The summed E-state index contributed by atoms with van der Waals surface area (Å²) in [7, 11) is 0. The Hall–Kier alpha value is -1.29. The van der Waals surface area contributed by atoms with Crippen LogP contribution in [0.25, 0.3) is 5.69 Å². The number of hydrogen-bond acceptors (Lipinski definition) is 2. The van der Waals surface area contributed by atoms with E-state index in [1.54, 1.807) is 22.8 Å². The minimum absolute atomic E-state index is 0.0426. The van der Waals surface area contributed by atoms with E-state index in [1.165, 1.54) is 0 Å². The standard InChI is InChI=1S/C14H12Cl2N2O/c15-11-3-2-10(7-12(11)16)18-13-5-6-17-8-9(13)1-4-14(18)19/h1-4,7,17H,5-6,8H2. The number of fused-ring (bicyclic) bond motifs is 1. The maximum Gasteiger partial charge on any atom is 0.255 e. The van der Waals surface area contributed by atoms with Gasteiger partial charge in [-0.3, -0.25) is 9.36 Å². The third kappa shape index (κ3) is 2.29. The Kier molecular flexibility index (Phi) is 3.35. The maximum atomic E-state index is 12.2. The summed E-state index contributed by atoms with van der Waals surface area (Å²) < 4.78 is 1.72. The fourth-order valence-corrected chi connectivity index (χ4v) is 2.68. The van der Waals surface area contributed by atoms with Gasteiger partial charge in [0.05, 0.1) is 15.7 Å². The molecule has 0 saturated heterocycles. The molecule has 5 heteroatoms. The first-order valence-corrected chi connectivity index (χ1v) is 6.82. The molecule has 0 radical (unpaired) electrons. The molecule has 0 saturated carbocycles. The molecule has 0 spiro atoms. The molecule has 1 aliphatic rings. The smallest absolute Gasteiger partial charge is 0.255 e. The molecule has 0 unspecified atom stereocenters. The highest BCUT2D eigenvalue weighted by atomic mass is 35.5. The van der Waals surface area contributed by atoms with Gasteiger partial charge in [-0.2, -0.15) is 0 Å². The summed E-state index contributed by atoms with van der Waals surface area (Å²) in [5.74, 6) is 0. The van der Waals surface area contributed by atoms with Gasteiger partial charge in [0.15, 0.2) is 0 Å². The van der Waals surface area contributed by atoms with Crippen LogP contribution in [0.4, 0.5) is 0 Å². The average Bonchev–Trinajstić information content (AvgIpc) is 2.42. The molecular weight excluding hydrogens is 283 g/mol. The zero-order valence-corrected chi connectivity index (χ0v) is 11.6. The Morgan fingerprint density at radius 2 is 1.95 bits per heavy atom. The Labute approximate surface area is 120 Å². The highest BCUT2D eigenvalue weighted by molar-refractivity contribution is 6.42. The van der Waals surface area contributed by atoms with Crippen LogP contribution >= 0.6 is 23.2 Å². The molecule has 0 fully saturated rings. The Morgan fingerprint density at radius 1 is 1.11 bits per heavy atom. The molecule has 3 nitrogen and oxygen atoms in total. The van der Waals surface area contributed by atoms with Crippen LogP contribution in [-0.4, -0.2) is 11.1 Å². The van der Waals surface area contributed by atoms with Gasteiger partial charge < -0.3 is 5.32 Å². The summed E-state index contributed by atoms with van der Waals surface area (Å²) in [6.45, 7) is 1.66. The molecule has 2 heterocycles. The summed E-state index contributed by atoms with van der Waals surface area (Å²) in [6, 6.07) is 8.74. The van der Waals surface area contributed by atoms with E-state index in [2.05, 4.69) is 5.32 Å². The normalized spacial score (nSPS) is 14.2. The zero-order chi connectivity index (χ0) is 13.4. The molecule has 19 heavy (non-hydrogen) atoms. The van der Waals surface area contributed by atoms with Gasteiger partial charge >= 0.3 is 0 Å². The summed E-state index contributed by atoms with van der Waals surface area (Å²) in [4.78, 5) is 12.2. The second kappa shape index (κ2) is 5.00. The first kappa shape index (κ1) is 12.7. The maximum absolute atomic E-state index is 12.2. The van der Waals surface area contributed by atoms with Gasteiger partial charge in [0, 0.05) is 31.3 Å². The van der Waals surface area contributed by atoms with Crippen molar-refractivity contribution in [3.63, 3.8) is 0 Å². The molecule has 98 valence electrons. The van der Waals surface area contributed by atoms with E-state index in [1.807, 2.05) is 12.1 Å². The summed E-state index contributed by atoms with van der Waals surface area (Å²) in [5.41, 5.74) is 2.92. The van der Waals surface area contributed by atoms with Gasteiger partial charge in [-0.1, -0.05) is 29.3 Å². The fraction of sp³-hybridized carbons (Fsp3) is 0.214. The topological polar surface area (TPSA) is 34.0 Å². The van der Waals surface area contributed by atoms with Crippen molar-refractivity contribution in [1.82, 2.24) is 9.88 Å². The van der Waals surface area contributed by atoms with Crippen molar-refractivity contribution in [2.75, 3.05) is 6.54 Å². The van der Waals surface area contributed by atoms with Crippen molar-refractivity contribution in [2.24, 2.45) is 0 Å². The summed E-state index contributed by atoms with van der Waals surface area (Å²) >= 11 is 12.0. The van der Waals surface area contributed by atoms with E-state index >= 15 is 0 Å². The molecule has 1 aliphatic heterocycles. The van der Waals surface area contributed by atoms with Crippen LogP contribution < -0.4 is 10.9 Å². The van der Waals surface area contributed by atoms with Gasteiger partial charge in [0.1, 0.15) is 0 Å². The van der Waals surface area contributed by atoms with Crippen molar-refractivity contribution in [3.05, 3.63) is 62.0 Å². The minimum atomic E-state index is -0.0426. The number of halogens is 2. The van der Waals surface area contributed by atoms with E-state index in [-0.39, 0.29) is 5.56 Å². The summed E-state index contributed by atoms with van der Waals surface area (Å²) in [5, 5.41) is 4.24. The fourth-order valence-electron chi connectivity index (χ4n) is 2.39. The van der Waals surface area contributed by atoms with Crippen molar-refractivity contribution in [3.8, 4) is 5.69 Å². The van der Waals surface area contributed by atoms with Crippen LogP contribution in [0.5, 0.6) is 0 Å². The number of hydrogen-bond donors (Lipinski definition) is 1. The minimum Gasteiger partial charge on any atom is -0.312 e. The van der Waals surface area contributed by atoms with Crippen molar-refractivity contribution in [2.45, 2.75) is 13.0 Å². The van der Waals surface area contributed by atoms with Crippen LogP contribution in [0.15, 0.2) is 35.1 Å². The van der Waals surface area contributed by atoms with E-state index in [0.29, 0.717) is 10.0 Å². The number of nitrogens with one attached hydrogen (secondary N) is 1. The Bertz CT molecular complexity index is 694. The number of aromatic nitrogens is 1. The largest absolute Gasteiger partial charge is 0.312 e. The third-order valence-electron chi connectivity index (χ3n) is 3.30. The molecule has 0 bridgehead atoms. The molecule has 0 aliphatic carbocycles. The van der Waals surface area contributed by atoms with Gasteiger partial charge in [-0.15, -0.1) is 0 Å². The lowest BCUT2D eigenvalue weighted by Crippen LogP contribution is -2.31. The van der Waals surface area contributed by atoms with Crippen LogP contribution in [0.2, 0.25) is 10.0 Å². The van der Waals surface area contributed by atoms with Crippen LogP contribution in [0.1, 0.15) is 11.3 Å². The zero-order valence-electron chi connectivity index (χ0n) is 10.1. The molecule has 1 aromatic heterocycles. The Morgan fingerprint density at radius 3 is 2.74 bits per heavy atom. The first-order chi connectivity index (χ1) is 9.16. The lowest BCUT2D eigenvalue weighted by atomic mass is 10.1. The Balaban J connectivity index is 2.24. The third-order valence-corrected chi connectivity index (χ3v) is 4.04. The van der Waals surface area contributed by atoms with Gasteiger partial charge in [-0.25, -0.2) is 0 Å². The number of rotatable bonds is 1. The molecular formula is C14H12Cl2N2O. The first-order valence-electron chi connectivity index (χ1n) is 6.07. The quantitative estimate of drug-likeness (QED) is 0.878.